The first-order valence-electron chi connectivity index (χ1n) is 9.04. The number of ether oxygens (including phenoxy) is 1. The zero-order valence-electron chi connectivity index (χ0n) is 16.0. The number of nitrogens with zero attached hydrogens (tertiary/aromatic N) is 2. The molecule has 6 nitrogen and oxygen atoms in total. The fourth-order valence-electron chi connectivity index (χ4n) is 3.22. The van der Waals surface area contributed by atoms with Crippen molar-refractivity contribution in [3.63, 3.8) is 0 Å². The maximum Gasteiger partial charge on any atom is 0.271 e. The standard InChI is InChI=1S/C22H19N3O3S/c1-14-13-29-22-23-12-18(21(27)25(14)22)20(26)24-19(15-7-4-3-5-8-15)16-9-6-10-17(11-16)28-2/h3-13,19H,1-2H3,(H,24,26)/t19-/m1/s1. The molecule has 0 saturated carbocycles. The molecular formula is C22H19N3O3S. The Bertz CT molecular complexity index is 1230. The van der Waals surface area contributed by atoms with E-state index >= 15 is 0 Å². The molecule has 7 heteroatoms. The Hall–Kier alpha value is -3.45. The first-order chi connectivity index (χ1) is 14.1. The molecule has 0 aliphatic rings. The molecule has 0 unspecified atom stereocenters. The van der Waals surface area contributed by atoms with Crippen molar-refractivity contribution in [2.24, 2.45) is 0 Å². The molecule has 0 aliphatic heterocycles. The van der Waals surface area contributed by atoms with E-state index in [2.05, 4.69) is 10.3 Å². The van der Waals surface area contributed by atoms with Gasteiger partial charge >= 0.3 is 0 Å². The quantitative estimate of drug-likeness (QED) is 0.551. The van der Waals surface area contributed by atoms with Gasteiger partial charge in [-0.1, -0.05) is 42.5 Å². The number of aryl methyl sites for hydroxylation is 1. The van der Waals surface area contributed by atoms with E-state index in [0.717, 1.165) is 16.8 Å². The van der Waals surface area contributed by atoms with Crippen molar-refractivity contribution in [1.82, 2.24) is 14.7 Å². The van der Waals surface area contributed by atoms with Crippen LogP contribution in [-0.4, -0.2) is 22.4 Å². The summed E-state index contributed by atoms with van der Waals surface area (Å²) in [6.45, 7) is 1.82. The SMILES string of the molecule is COc1cccc([C@H](NC(=O)c2cnc3scc(C)n3c2=O)c2ccccc2)c1. The maximum absolute atomic E-state index is 13.1. The number of carbonyl (C=O) groups excluding carboxylic acids is 1. The number of hydrogen-bond donors (Lipinski definition) is 1. The lowest BCUT2D eigenvalue weighted by atomic mass is 9.98. The van der Waals surface area contributed by atoms with Gasteiger partial charge in [0.15, 0.2) is 4.96 Å². The van der Waals surface area contributed by atoms with Crippen LogP contribution >= 0.6 is 11.3 Å². The fourth-order valence-corrected chi connectivity index (χ4v) is 4.04. The highest BCUT2D eigenvalue weighted by molar-refractivity contribution is 7.15. The second kappa shape index (κ2) is 7.89. The van der Waals surface area contributed by atoms with Gasteiger partial charge in [0.25, 0.3) is 11.5 Å². The molecule has 2 aromatic heterocycles. The van der Waals surface area contributed by atoms with Gasteiger partial charge < -0.3 is 10.1 Å². The fraction of sp³-hybridized carbons (Fsp3) is 0.136. The van der Waals surface area contributed by atoms with Crippen LogP contribution in [0.15, 0.2) is 71.0 Å². The van der Waals surface area contributed by atoms with Crippen molar-refractivity contribution in [1.29, 1.82) is 0 Å². The van der Waals surface area contributed by atoms with Gasteiger partial charge in [-0.25, -0.2) is 4.98 Å². The van der Waals surface area contributed by atoms with E-state index in [1.54, 1.807) is 7.11 Å². The normalized spacial score (nSPS) is 11.9. The second-order valence-electron chi connectivity index (χ2n) is 6.57. The third-order valence-electron chi connectivity index (χ3n) is 4.70. The van der Waals surface area contributed by atoms with E-state index in [4.69, 9.17) is 4.74 Å². The zero-order valence-corrected chi connectivity index (χ0v) is 16.8. The number of nitrogens with one attached hydrogen (secondary N) is 1. The highest BCUT2D eigenvalue weighted by Gasteiger charge is 2.21. The maximum atomic E-state index is 13.1. The van der Waals surface area contributed by atoms with Crippen LogP contribution in [0, 0.1) is 6.92 Å². The van der Waals surface area contributed by atoms with Crippen molar-refractivity contribution in [2.75, 3.05) is 7.11 Å². The minimum atomic E-state index is -0.473. The molecule has 1 amide bonds. The number of aromatic nitrogens is 2. The molecule has 2 heterocycles. The van der Waals surface area contributed by atoms with E-state index in [-0.39, 0.29) is 11.1 Å². The summed E-state index contributed by atoms with van der Waals surface area (Å²) in [4.78, 5) is 30.7. The van der Waals surface area contributed by atoms with Gasteiger partial charge in [0.2, 0.25) is 0 Å². The number of hydrogen-bond acceptors (Lipinski definition) is 5. The van der Waals surface area contributed by atoms with Crippen LogP contribution in [0.1, 0.15) is 33.2 Å². The smallest absolute Gasteiger partial charge is 0.271 e. The number of amides is 1. The van der Waals surface area contributed by atoms with Crippen LogP contribution in [-0.2, 0) is 0 Å². The predicted octanol–water partition coefficient (Wildman–Crippen LogP) is 3.59. The summed E-state index contributed by atoms with van der Waals surface area (Å²) in [7, 11) is 1.60. The molecule has 0 radical (unpaired) electrons. The molecule has 0 bridgehead atoms. The van der Waals surface area contributed by atoms with Gasteiger partial charge in [-0.2, -0.15) is 0 Å². The molecule has 29 heavy (non-hydrogen) atoms. The highest BCUT2D eigenvalue weighted by atomic mass is 32.1. The van der Waals surface area contributed by atoms with Crippen LogP contribution in [0.4, 0.5) is 0 Å². The first-order valence-corrected chi connectivity index (χ1v) is 9.92. The minimum absolute atomic E-state index is 0.00725. The number of thiazole rings is 1. The molecule has 0 aliphatic carbocycles. The molecular weight excluding hydrogens is 386 g/mol. The molecule has 146 valence electrons. The average Bonchev–Trinajstić information content (AvgIpc) is 3.14. The van der Waals surface area contributed by atoms with E-state index in [0.29, 0.717) is 10.7 Å². The minimum Gasteiger partial charge on any atom is -0.497 e. The Morgan fingerprint density at radius 3 is 2.66 bits per heavy atom. The number of methoxy groups -OCH3 is 1. The summed E-state index contributed by atoms with van der Waals surface area (Å²) < 4.78 is 6.79. The predicted molar refractivity (Wildman–Crippen MR) is 113 cm³/mol. The lowest BCUT2D eigenvalue weighted by molar-refractivity contribution is 0.0941. The summed E-state index contributed by atoms with van der Waals surface area (Å²) in [5.41, 5.74) is 2.14. The molecule has 2 aromatic carbocycles. The Morgan fingerprint density at radius 1 is 1.14 bits per heavy atom. The first kappa shape index (κ1) is 18.9. The van der Waals surface area contributed by atoms with Crippen LogP contribution in [0.25, 0.3) is 4.96 Å². The average molecular weight is 405 g/mol. The molecule has 0 fully saturated rings. The van der Waals surface area contributed by atoms with Crippen molar-refractivity contribution in [3.05, 3.63) is 98.9 Å². The van der Waals surface area contributed by atoms with Crippen LogP contribution < -0.4 is 15.6 Å². The second-order valence-corrected chi connectivity index (χ2v) is 7.40. The Balaban J connectivity index is 1.75. The molecule has 4 aromatic rings. The van der Waals surface area contributed by atoms with E-state index in [9.17, 15) is 9.59 Å². The lowest BCUT2D eigenvalue weighted by Crippen LogP contribution is -2.34. The third kappa shape index (κ3) is 3.64. The zero-order chi connectivity index (χ0) is 20.4. The molecule has 0 saturated heterocycles. The Morgan fingerprint density at radius 2 is 1.90 bits per heavy atom. The van der Waals surface area contributed by atoms with Gasteiger partial charge in [0.05, 0.1) is 13.2 Å². The number of carbonyl (C=O) groups is 1. The summed E-state index contributed by atoms with van der Waals surface area (Å²) in [6.07, 6.45) is 1.34. The summed E-state index contributed by atoms with van der Waals surface area (Å²) in [5.74, 6) is 0.217. The van der Waals surface area contributed by atoms with Crippen LogP contribution in [0.5, 0.6) is 5.75 Å². The highest BCUT2D eigenvalue weighted by Crippen LogP contribution is 2.25. The molecule has 1 N–H and O–H groups in total. The van der Waals surface area contributed by atoms with Gasteiger partial charge in [0, 0.05) is 17.3 Å². The lowest BCUT2D eigenvalue weighted by Gasteiger charge is -2.20. The molecule has 0 spiro atoms. The third-order valence-corrected chi connectivity index (χ3v) is 5.65. The van der Waals surface area contributed by atoms with Gasteiger partial charge in [-0.15, -0.1) is 11.3 Å². The molecule has 4 rings (SSSR count). The summed E-state index contributed by atoms with van der Waals surface area (Å²) in [6, 6.07) is 16.7. The van der Waals surface area contributed by atoms with Crippen LogP contribution in [0.2, 0.25) is 0 Å². The van der Waals surface area contributed by atoms with E-state index in [1.165, 1.54) is 21.9 Å². The number of fused-ring (bicyclic) bond motifs is 1. The monoisotopic (exact) mass is 405 g/mol. The molecule has 1 atom stereocenters. The van der Waals surface area contributed by atoms with Crippen molar-refractivity contribution in [3.8, 4) is 5.75 Å². The number of benzene rings is 2. The Kier molecular flexibility index (Phi) is 5.14. The van der Waals surface area contributed by atoms with Crippen molar-refractivity contribution < 1.29 is 9.53 Å². The van der Waals surface area contributed by atoms with Gasteiger partial charge in [-0.3, -0.25) is 14.0 Å². The van der Waals surface area contributed by atoms with E-state index in [1.807, 2.05) is 66.9 Å². The van der Waals surface area contributed by atoms with Gasteiger partial charge in [-0.05, 0) is 30.2 Å². The van der Waals surface area contributed by atoms with Crippen LogP contribution in [0.3, 0.4) is 0 Å². The van der Waals surface area contributed by atoms with Gasteiger partial charge in [0.1, 0.15) is 11.3 Å². The Labute approximate surface area is 171 Å². The van der Waals surface area contributed by atoms with Crippen molar-refractivity contribution >= 4 is 22.2 Å². The summed E-state index contributed by atoms with van der Waals surface area (Å²) >= 11 is 1.37. The largest absolute Gasteiger partial charge is 0.497 e. The topological polar surface area (TPSA) is 72.7 Å². The number of rotatable bonds is 5. The summed E-state index contributed by atoms with van der Waals surface area (Å²) in [5, 5.41) is 4.83. The van der Waals surface area contributed by atoms with E-state index < -0.39 is 11.9 Å². The van der Waals surface area contributed by atoms with Crippen molar-refractivity contribution in [2.45, 2.75) is 13.0 Å².